The van der Waals surface area contributed by atoms with Crippen molar-refractivity contribution in [2.45, 2.75) is 58.9 Å². The SMILES string of the molecule is CCCC(C)NC(=O)N1CCCC(C(C)CC(=O)O)C1. The number of nitrogens with one attached hydrogen (secondary N) is 1. The summed E-state index contributed by atoms with van der Waals surface area (Å²) in [6.07, 6.45) is 4.21. The average molecular weight is 284 g/mol. The number of likely N-dealkylation sites (tertiary alicyclic amines) is 1. The molecule has 0 spiro atoms. The van der Waals surface area contributed by atoms with Crippen molar-refractivity contribution in [3.8, 4) is 0 Å². The van der Waals surface area contributed by atoms with Crippen LogP contribution in [0, 0.1) is 11.8 Å². The number of carbonyl (C=O) groups excluding carboxylic acids is 1. The van der Waals surface area contributed by atoms with Gasteiger partial charge in [-0.2, -0.15) is 0 Å². The zero-order valence-electron chi connectivity index (χ0n) is 12.9. The largest absolute Gasteiger partial charge is 0.481 e. The predicted octanol–water partition coefficient (Wildman–Crippen LogP) is 2.71. The van der Waals surface area contributed by atoms with Crippen LogP contribution in [-0.2, 0) is 4.79 Å². The molecule has 1 aliphatic heterocycles. The van der Waals surface area contributed by atoms with Crippen LogP contribution < -0.4 is 5.32 Å². The van der Waals surface area contributed by atoms with Crippen LogP contribution in [0.5, 0.6) is 0 Å². The highest BCUT2D eigenvalue weighted by atomic mass is 16.4. The van der Waals surface area contributed by atoms with Gasteiger partial charge in [0.25, 0.3) is 0 Å². The van der Waals surface area contributed by atoms with Crippen molar-refractivity contribution in [3.63, 3.8) is 0 Å². The quantitative estimate of drug-likeness (QED) is 0.788. The highest BCUT2D eigenvalue weighted by molar-refractivity contribution is 5.74. The lowest BCUT2D eigenvalue weighted by atomic mass is 9.85. The summed E-state index contributed by atoms with van der Waals surface area (Å²) in [4.78, 5) is 24.8. The number of piperidine rings is 1. The molecule has 1 heterocycles. The number of hydrogen-bond acceptors (Lipinski definition) is 2. The normalized spacial score (nSPS) is 22.1. The fraction of sp³-hybridized carbons (Fsp3) is 0.867. The molecule has 3 unspecified atom stereocenters. The second-order valence-corrected chi connectivity index (χ2v) is 6.06. The van der Waals surface area contributed by atoms with Crippen LogP contribution in [-0.4, -0.2) is 41.1 Å². The monoisotopic (exact) mass is 284 g/mol. The number of carboxylic acids is 1. The Morgan fingerprint density at radius 3 is 2.70 bits per heavy atom. The summed E-state index contributed by atoms with van der Waals surface area (Å²) in [7, 11) is 0. The topological polar surface area (TPSA) is 69.6 Å². The lowest BCUT2D eigenvalue weighted by molar-refractivity contribution is -0.138. The smallest absolute Gasteiger partial charge is 0.317 e. The fourth-order valence-corrected chi connectivity index (χ4v) is 2.91. The summed E-state index contributed by atoms with van der Waals surface area (Å²) in [6.45, 7) is 7.56. The lowest BCUT2D eigenvalue weighted by Gasteiger charge is -2.36. The van der Waals surface area contributed by atoms with Crippen molar-refractivity contribution >= 4 is 12.0 Å². The highest BCUT2D eigenvalue weighted by Crippen LogP contribution is 2.26. The Morgan fingerprint density at radius 1 is 1.40 bits per heavy atom. The molecule has 0 aromatic carbocycles. The van der Waals surface area contributed by atoms with Gasteiger partial charge in [-0.1, -0.05) is 20.3 Å². The Morgan fingerprint density at radius 2 is 2.10 bits per heavy atom. The van der Waals surface area contributed by atoms with Gasteiger partial charge in [-0.05, 0) is 38.0 Å². The van der Waals surface area contributed by atoms with Crippen molar-refractivity contribution in [3.05, 3.63) is 0 Å². The molecule has 1 saturated heterocycles. The average Bonchev–Trinajstić information content (AvgIpc) is 2.38. The van der Waals surface area contributed by atoms with Gasteiger partial charge in [-0.25, -0.2) is 4.79 Å². The Bertz CT molecular complexity index is 333. The zero-order chi connectivity index (χ0) is 15.1. The summed E-state index contributed by atoms with van der Waals surface area (Å²) in [6, 6.07) is 0.197. The number of carboxylic acid groups (broad SMARTS) is 1. The van der Waals surface area contributed by atoms with Crippen molar-refractivity contribution in [2.24, 2.45) is 11.8 Å². The first kappa shape index (κ1) is 16.8. The second kappa shape index (κ2) is 8.12. The van der Waals surface area contributed by atoms with Crippen LogP contribution in [0.3, 0.4) is 0 Å². The summed E-state index contributed by atoms with van der Waals surface area (Å²) in [5.41, 5.74) is 0. The van der Waals surface area contributed by atoms with Crippen LogP contribution in [0.25, 0.3) is 0 Å². The third-order valence-electron chi connectivity index (χ3n) is 4.14. The van der Waals surface area contributed by atoms with E-state index in [1.165, 1.54) is 0 Å². The van der Waals surface area contributed by atoms with Crippen LogP contribution in [0.1, 0.15) is 52.9 Å². The van der Waals surface area contributed by atoms with Gasteiger partial charge in [0.1, 0.15) is 0 Å². The molecule has 5 heteroatoms. The Balaban J connectivity index is 2.47. The maximum absolute atomic E-state index is 12.2. The maximum atomic E-state index is 12.2. The van der Waals surface area contributed by atoms with Crippen LogP contribution in [0.15, 0.2) is 0 Å². The zero-order valence-corrected chi connectivity index (χ0v) is 12.9. The summed E-state index contributed by atoms with van der Waals surface area (Å²) >= 11 is 0. The van der Waals surface area contributed by atoms with E-state index in [0.29, 0.717) is 12.5 Å². The van der Waals surface area contributed by atoms with Crippen molar-refractivity contribution in [1.29, 1.82) is 0 Å². The molecule has 1 aliphatic rings. The van der Waals surface area contributed by atoms with E-state index in [2.05, 4.69) is 12.2 Å². The standard InChI is InChI=1S/C15H28N2O3/c1-4-6-12(3)16-15(20)17-8-5-7-13(10-17)11(2)9-14(18)19/h11-13H,4-10H2,1-3H3,(H,16,20)(H,18,19). The molecule has 2 amide bonds. The highest BCUT2D eigenvalue weighted by Gasteiger charge is 2.28. The molecule has 5 nitrogen and oxygen atoms in total. The molecule has 116 valence electrons. The third-order valence-corrected chi connectivity index (χ3v) is 4.14. The van der Waals surface area contributed by atoms with Gasteiger partial charge in [0.15, 0.2) is 0 Å². The molecule has 0 aromatic heterocycles. The minimum atomic E-state index is -0.754. The molecule has 0 bridgehead atoms. The number of nitrogens with zero attached hydrogens (tertiary/aromatic N) is 1. The first-order valence-electron chi connectivity index (χ1n) is 7.71. The van der Waals surface area contributed by atoms with Gasteiger partial charge in [-0.3, -0.25) is 4.79 Å². The van der Waals surface area contributed by atoms with E-state index < -0.39 is 5.97 Å². The number of aliphatic carboxylic acids is 1. The Labute approximate surface area is 121 Å². The van der Waals surface area contributed by atoms with Gasteiger partial charge in [0.05, 0.1) is 0 Å². The number of carbonyl (C=O) groups is 2. The number of amides is 2. The molecule has 0 saturated carbocycles. The second-order valence-electron chi connectivity index (χ2n) is 6.06. The van der Waals surface area contributed by atoms with Gasteiger partial charge in [0.2, 0.25) is 0 Å². The molecule has 3 atom stereocenters. The first-order chi connectivity index (χ1) is 9.43. The Hall–Kier alpha value is -1.26. The molecular formula is C15H28N2O3. The van der Waals surface area contributed by atoms with Gasteiger partial charge in [0, 0.05) is 25.6 Å². The van der Waals surface area contributed by atoms with E-state index in [1.807, 2.05) is 18.7 Å². The van der Waals surface area contributed by atoms with Gasteiger partial charge < -0.3 is 15.3 Å². The third kappa shape index (κ3) is 5.39. The van der Waals surface area contributed by atoms with Crippen LogP contribution >= 0.6 is 0 Å². The summed E-state index contributed by atoms with van der Waals surface area (Å²) in [5.74, 6) is -0.334. The van der Waals surface area contributed by atoms with Crippen LogP contribution in [0.2, 0.25) is 0 Å². The first-order valence-corrected chi connectivity index (χ1v) is 7.71. The number of hydrogen-bond donors (Lipinski definition) is 2. The van der Waals surface area contributed by atoms with Crippen molar-refractivity contribution < 1.29 is 14.7 Å². The molecule has 2 N–H and O–H groups in total. The molecular weight excluding hydrogens is 256 g/mol. The van der Waals surface area contributed by atoms with E-state index in [9.17, 15) is 9.59 Å². The summed E-state index contributed by atoms with van der Waals surface area (Å²) < 4.78 is 0. The lowest BCUT2D eigenvalue weighted by Crippen LogP contribution is -2.49. The molecule has 0 radical (unpaired) electrons. The molecule has 1 fully saturated rings. The summed E-state index contributed by atoms with van der Waals surface area (Å²) in [5, 5.41) is 11.9. The minimum absolute atomic E-state index is 0.00169. The number of urea groups is 1. The Kier molecular flexibility index (Phi) is 6.82. The van der Waals surface area contributed by atoms with Crippen molar-refractivity contribution in [1.82, 2.24) is 10.2 Å². The van der Waals surface area contributed by atoms with E-state index in [1.54, 1.807) is 0 Å². The van der Waals surface area contributed by atoms with Crippen molar-refractivity contribution in [2.75, 3.05) is 13.1 Å². The predicted molar refractivity (Wildman–Crippen MR) is 78.6 cm³/mol. The van der Waals surface area contributed by atoms with Gasteiger partial charge >= 0.3 is 12.0 Å². The molecule has 20 heavy (non-hydrogen) atoms. The molecule has 1 rings (SSSR count). The van der Waals surface area contributed by atoms with Gasteiger partial charge in [-0.15, -0.1) is 0 Å². The fourth-order valence-electron chi connectivity index (χ4n) is 2.91. The van der Waals surface area contributed by atoms with E-state index in [-0.39, 0.29) is 24.4 Å². The minimum Gasteiger partial charge on any atom is -0.481 e. The number of rotatable bonds is 6. The molecule has 0 aliphatic carbocycles. The van der Waals surface area contributed by atoms with E-state index >= 15 is 0 Å². The van der Waals surface area contributed by atoms with E-state index in [0.717, 1.165) is 32.2 Å². The van der Waals surface area contributed by atoms with Crippen LogP contribution in [0.4, 0.5) is 4.79 Å². The molecule has 0 aromatic rings. The van der Waals surface area contributed by atoms with E-state index in [4.69, 9.17) is 5.11 Å². The maximum Gasteiger partial charge on any atom is 0.317 e.